The van der Waals surface area contributed by atoms with Crippen molar-refractivity contribution < 1.29 is 5.11 Å². The summed E-state index contributed by atoms with van der Waals surface area (Å²) >= 11 is 0. The maximum Gasteiger partial charge on any atom is 0.171 e. The normalized spacial score (nSPS) is 20.6. The van der Waals surface area contributed by atoms with Crippen molar-refractivity contribution >= 4 is 18.2 Å². The molecule has 1 saturated heterocycles. The molecule has 2 heterocycles. The van der Waals surface area contributed by atoms with Crippen LogP contribution in [0.3, 0.4) is 0 Å². The van der Waals surface area contributed by atoms with Crippen LogP contribution < -0.4 is 10.6 Å². The molecule has 3 N–H and O–H groups in total. The number of anilines is 1. The molecule has 1 aromatic rings. The molecule has 4 nitrogen and oxygen atoms in total. The fourth-order valence-corrected chi connectivity index (χ4v) is 1.61. The Kier molecular flexibility index (Phi) is 3.55. The van der Waals surface area contributed by atoms with Crippen molar-refractivity contribution in [1.29, 1.82) is 0 Å². The van der Waals surface area contributed by atoms with Crippen molar-refractivity contribution in [2.45, 2.75) is 12.5 Å². The standard InChI is InChI=1S/C9H13N3O.ClH/c10-7-3-5-12(6-7)9-8(13)2-1-4-11-9;/h1-2,4,7,13H,3,5-6,10H2;1H. The van der Waals surface area contributed by atoms with Crippen molar-refractivity contribution in [2.75, 3.05) is 18.0 Å². The third-order valence-electron chi connectivity index (χ3n) is 2.29. The first kappa shape index (κ1) is 11.1. The molecule has 78 valence electrons. The summed E-state index contributed by atoms with van der Waals surface area (Å²) in [6.07, 6.45) is 2.65. The van der Waals surface area contributed by atoms with Gasteiger partial charge in [0.05, 0.1) is 0 Å². The summed E-state index contributed by atoms with van der Waals surface area (Å²) < 4.78 is 0. The van der Waals surface area contributed by atoms with Gasteiger partial charge in [-0.3, -0.25) is 0 Å². The van der Waals surface area contributed by atoms with Gasteiger partial charge in [-0.25, -0.2) is 4.98 Å². The van der Waals surface area contributed by atoms with Gasteiger partial charge in [0.15, 0.2) is 11.6 Å². The van der Waals surface area contributed by atoms with Crippen LogP contribution >= 0.6 is 12.4 Å². The molecule has 5 heteroatoms. The van der Waals surface area contributed by atoms with Gasteiger partial charge in [0.1, 0.15) is 0 Å². The quantitative estimate of drug-likeness (QED) is 0.726. The van der Waals surface area contributed by atoms with Crippen LogP contribution in [0.5, 0.6) is 5.75 Å². The number of rotatable bonds is 1. The molecule has 1 unspecified atom stereocenters. The molecule has 1 aliphatic rings. The summed E-state index contributed by atoms with van der Waals surface area (Å²) in [4.78, 5) is 6.13. The molecule has 1 aromatic heterocycles. The number of hydrogen-bond donors (Lipinski definition) is 2. The van der Waals surface area contributed by atoms with E-state index in [1.54, 1.807) is 18.3 Å². The lowest BCUT2D eigenvalue weighted by atomic mass is 10.3. The zero-order valence-electron chi connectivity index (χ0n) is 7.76. The first-order chi connectivity index (χ1) is 6.27. The summed E-state index contributed by atoms with van der Waals surface area (Å²) in [5.74, 6) is 0.882. The van der Waals surface area contributed by atoms with Crippen LogP contribution in [-0.4, -0.2) is 29.2 Å². The fraction of sp³-hybridized carbons (Fsp3) is 0.444. The Balaban J connectivity index is 0.000000980. The fourth-order valence-electron chi connectivity index (χ4n) is 1.61. The molecule has 2 rings (SSSR count). The Morgan fingerprint density at radius 2 is 2.36 bits per heavy atom. The first-order valence-corrected chi connectivity index (χ1v) is 4.42. The van der Waals surface area contributed by atoms with Crippen molar-refractivity contribution in [3.8, 4) is 5.75 Å². The molecule has 14 heavy (non-hydrogen) atoms. The Morgan fingerprint density at radius 1 is 1.57 bits per heavy atom. The molecular weight excluding hydrogens is 202 g/mol. The SMILES string of the molecule is Cl.NC1CCN(c2ncccc2O)C1. The van der Waals surface area contributed by atoms with E-state index < -0.39 is 0 Å². The monoisotopic (exact) mass is 215 g/mol. The molecule has 0 spiro atoms. The maximum atomic E-state index is 9.51. The predicted octanol–water partition coefficient (Wildman–Crippen LogP) is 0.746. The van der Waals surface area contributed by atoms with E-state index in [0.29, 0.717) is 5.82 Å². The second kappa shape index (κ2) is 4.48. The lowest BCUT2D eigenvalue weighted by Gasteiger charge is -2.17. The Labute approximate surface area is 89.2 Å². The maximum absolute atomic E-state index is 9.51. The van der Waals surface area contributed by atoms with Gasteiger partial charge in [0, 0.05) is 25.3 Å². The average molecular weight is 216 g/mol. The van der Waals surface area contributed by atoms with Crippen LogP contribution in [0.2, 0.25) is 0 Å². The van der Waals surface area contributed by atoms with Gasteiger partial charge in [0.25, 0.3) is 0 Å². The van der Waals surface area contributed by atoms with Crippen LogP contribution in [-0.2, 0) is 0 Å². The molecular formula is C9H14ClN3O. The van der Waals surface area contributed by atoms with Crippen molar-refractivity contribution in [3.63, 3.8) is 0 Å². The first-order valence-electron chi connectivity index (χ1n) is 4.42. The molecule has 1 aliphatic heterocycles. The van der Waals surface area contributed by atoms with Crippen molar-refractivity contribution in [2.24, 2.45) is 5.73 Å². The third-order valence-corrected chi connectivity index (χ3v) is 2.29. The Bertz CT molecular complexity index is 308. The minimum Gasteiger partial charge on any atom is -0.504 e. The van der Waals surface area contributed by atoms with Gasteiger partial charge in [-0.05, 0) is 18.6 Å². The van der Waals surface area contributed by atoms with E-state index in [4.69, 9.17) is 5.73 Å². The highest BCUT2D eigenvalue weighted by Crippen LogP contribution is 2.25. The van der Waals surface area contributed by atoms with E-state index in [-0.39, 0.29) is 24.2 Å². The van der Waals surface area contributed by atoms with Gasteiger partial charge >= 0.3 is 0 Å². The number of nitrogens with zero attached hydrogens (tertiary/aromatic N) is 2. The summed E-state index contributed by atoms with van der Waals surface area (Å²) in [5, 5.41) is 9.51. The van der Waals surface area contributed by atoms with Gasteiger partial charge in [-0.2, -0.15) is 0 Å². The van der Waals surface area contributed by atoms with E-state index in [0.717, 1.165) is 19.5 Å². The minimum atomic E-state index is 0. The summed E-state index contributed by atoms with van der Waals surface area (Å²) in [7, 11) is 0. The Hall–Kier alpha value is -1.00. The zero-order valence-corrected chi connectivity index (χ0v) is 8.57. The third kappa shape index (κ3) is 2.08. The van der Waals surface area contributed by atoms with E-state index in [2.05, 4.69) is 4.98 Å². The number of pyridine rings is 1. The molecule has 0 amide bonds. The highest BCUT2D eigenvalue weighted by atomic mass is 35.5. The minimum absolute atomic E-state index is 0. The van der Waals surface area contributed by atoms with Crippen LogP contribution in [0.25, 0.3) is 0 Å². The van der Waals surface area contributed by atoms with E-state index in [9.17, 15) is 5.11 Å². The summed E-state index contributed by atoms with van der Waals surface area (Å²) in [6.45, 7) is 1.66. The molecule has 1 fully saturated rings. The van der Waals surface area contributed by atoms with Crippen LogP contribution in [0.1, 0.15) is 6.42 Å². The Morgan fingerprint density at radius 3 is 2.93 bits per heavy atom. The summed E-state index contributed by atoms with van der Waals surface area (Å²) in [6, 6.07) is 3.57. The highest BCUT2D eigenvalue weighted by molar-refractivity contribution is 5.85. The lowest BCUT2D eigenvalue weighted by Crippen LogP contribution is -2.26. The molecule has 1 atom stereocenters. The number of nitrogens with two attached hydrogens (primary N) is 1. The predicted molar refractivity (Wildman–Crippen MR) is 58.0 cm³/mol. The number of aromatic nitrogens is 1. The number of hydrogen-bond acceptors (Lipinski definition) is 4. The molecule has 0 aliphatic carbocycles. The highest BCUT2D eigenvalue weighted by Gasteiger charge is 2.21. The van der Waals surface area contributed by atoms with Crippen molar-refractivity contribution in [3.05, 3.63) is 18.3 Å². The second-order valence-corrected chi connectivity index (χ2v) is 3.34. The number of aromatic hydroxyl groups is 1. The molecule has 0 saturated carbocycles. The average Bonchev–Trinajstić information content (AvgIpc) is 2.53. The van der Waals surface area contributed by atoms with Crippen molar-refractivity contribution in [1.82, 2.24) is 4.98 Å². The molecule has 0 bridgehead atoms. The molecule has 0 aromatic carbocycles. The van der Waals surface area contributed by atoms with Gasteiger partial charge in [-0.15, -0.1) is 12.4 Å². The van der Waals surface area contributed by atoms with Crippen LogP contribution in [0.4, 0.5) is 5.82 Å². The van der Waals surface area contributed by atoms with E-state index in [1.165, 1.54) is 0 Å². The summed E-state index contributed by atoms with van der Waals surface area (Å²) in [5.41, 5.74) is 5.76. The number of halogens is 1. The van der Waals surface area contributed by atoms with E-state index in [1.807, 2.05) is 4.90 Å². The van der Waals surface area contributed by atoms with E-state index >= 15 is 0 Å². The molecule has 0 radical (unpaired) electrons. The second-order valence-electron chi connectivity index (χ2n) is 3.34. The largest absolute Gasteiger partial charge is 0.504 e. The zero-order chi connectivity index (χ0) is 9.26. The lowest BCUT2D eigenvalue weighted by molar-refractivity contribution is 0.472. The topological polar surface area (TPSA) is 62.4 Å². The van der Waals surface area contributed by atoms with Gasteiger partial charge < -0.3 is 15.7 Å². The van der Waals surface area contributed by atoms with Crippen LogP contribution in [0, 0.1) is 0 Å². The van der Waals surface area contributed by atoms with Crippen LogP contribution in [0.15, 0.2) is 18.3 Å². The smallest absolute Gasteiger partial charge is 0.171 e. The van der Waals surface area contributed by atoms with Gasteiger partial charge in [0.2, 0.25) is 0 Å². The van der Waals surface area contributed by atoms with Gasteiger partial charge in [-0.1, -0.05) is 0 Å².